The quantitative estimate of drug-likeness (QED) is 0.416. The summed E-state index contributed by atoms with van der Waals surface area (Å²) in [6.07, 6.45) is 1.82. The molecule has 0 bridgehead atoms. The summed E-state index contributed by atoms with van der Waals surface area (Å²) in [5, 5.41) is 7.62. The van der Waals surface area contributed by atoms with Gasteiger partial charge in [0.25, 0.3) is 0 Å². The molecule has 1 saturated heterocycles. The van der Waals surface area contributed by atoms with Gasteiger partial charge in [-0.1, -0.05) is 23.8 Å². The lowest BCUT2D eigenvalue weighted by molar-refractivity contribution is 0.123. The number of nitrogens with two attached hydrogens (primary N) is 1. The van der Waals surface area contributed by atoms with Gasteiger partial charge < -0.3 is 24.7 Å². The van der Waals surface area contributed by atoms with Crippen LogP contribution in [-0.2, 0) is 16.0 Å². The van der Waals surface area contributed by atoms with Crippen LogP contribution in [0.15, 0.2) is 42.7 Å². The van der Waals surface area contributed by atoms with Crippen molar-refractivity contribution in [2.45, 2.75) is 19.5 Å². The van der Waals surface area contributed by atoms with E-state index in [0.717, 1.165) is 52.6 Å². The molecule has 0 saturated carbocycles. The molecule has 4 heterocycles. The van der Waals surface area contributed by atoms with Crippen molar-refractivity contribution >= 4 is 29.3 Å². The summed E-state index contributed by atoms with van der Waals surface area (Å²) in [6, 6.07) is 11.9. The summed E-state index contributed by atoms with van der Waals surface area (Å²) in [4.78, 5) is 11.9. The molecule has 1 unspecified atom stereocenters. The van der Waals surface area contributed by atoms with Gasteiger partial charge in [-0.25, -0.2) is 9.97 Å². The molecule has 34 heavy (non-hydrogen) atoms. The third kappa shape index (κ3) is 4.78. The van der Waals surface area contributed by atoms with Crippen molar-refractivity contribution in [2.24, 2.45) is 5.73 Å². The van der Waals surface area contributed by atoms with Gasteiger partial charge in [0.15, 0.2) is 5.65 Å². The van der Waals surface area contributed by atoms with Crippen LogP contribution in [0.25, 0.3) is 22.4 Å². The second kappa shape index (κ2) is 10.5. The number of rotatable bonds is 7. The number of nitrogens with zero attached hydrogens (tertiary/aromatic N) is 5. The third-order valence-corrected chi connectivity index (χ3v) is 6.03. The molecule has 1 aliphatic heterocycles. The Morgan fingerprint density at radius 3 is 2.79 bits per heavy atom. The van der Waals surface area contributed by atoms with E-state index in [0.29, 0.717) is 26.4 Å². The Morgan fingerprint density at radius 1 is 1.21 bits per heavy atom. The minimum atomic E-state index is -0.453. The molecule has 9 nitrogen and oxygen atoms in total. The van der Waals surface area contributed by atoms with Gasteiger partial charge in [-0.15, -0.1) is 12.4 Å². The number of morpholine rings is 1. The lowest BCUT2D eigenvalue weighted by atomic mass is 10.1. The lowest BCUT2D eigenvalue weighted by Crippen LogP contribution is -2.36. The van der Waals surface area contributed by atoms with E-state index in [1.54, 1.807) is 7.11 Å². The van der Waals surface area contributed by atoms with E-state index in [4.69, 9.17) is 20.2 Å². The van der Waals surface area contributed by atoms with Crippen molar-refractivity contribution in [3.8, 4) is 11.3 Å². The first-order valence-electron chi connectivity index (χ1n) is 11.2. The lowest BCUT2D eigenvalue weighted by Gasteiger charge is -2.29. The fourth-order valence-corrected chi connectivity index (χ4v) is 4.20. The molecule has 1 atom stereocenters. The molecular formula is C24H30ClN7O2. The van der Waals surface area contributed by atoms with Gasteiger partial charge in [-0.05, 0) is 25.1 Å². The summed E-state index contributed by atoms with van der Waals surface area (Å²) in [7, 11) is 1.69. The fraction of sp³-hybridized carbons (Fsp3) is 0.375. The standard InChI is InChI=1S/C24H29N7O2.ClH/c1-16-4-3-5-17(12-16)18-13-20(29-28-18)22(25)19-14-21(30-7-10-33-11-8-30)23-24(27-19)31(15-26-23)6-9-32-2;/h3-5,12-15,22H,6-11,25H2,1-2H3,(H,28,29);1H. The van der Waals surface area contributed by atoms with Gasteiger partial charge in [0.1, 0.15) is 5.52 Å². The van der Waals surface area contributed by atoms with Crippen LogP contribution in [0.2, 0.25) is 0 Å². The van der Waals surface area contributed by atoms with Crippen molar-refractivity contribution in [1.82, 2.24) is 24.7 Å². The van der Waals surface area contributed by atoms with Crippen molar-refractivity contribution in [2.75, 3.05) is 44.9 Å². The van der Waals surface area contributed by atoms with E-state index in [2.05, 4.69) is 45.2 Å². The number of hydrogen-bond donors (Lipinski definition) is 2. The minimum Gasteiger partial charge on any atom is -0.383 e. The predicted octanol–water partition coefficient (Wildman–Crippen LogP) is 3.08. The maximum Gasteiger partial charge on any atom is 0.162 e. The molecule has 0 amide bonds. The number of H-pyrrole nitrogens is 1. The number of hydrogen-bond acceptors (Lipinski definition) is 7. The molecule has 0 aliphatic carbocycles. The van der Waals surface area contributed by atoms with Crippen molar-refractivity contribution in [1.29, 1.82) is 0 Å². The van der Waals surface area contributed by atoms with E-state index in [9.17, 15) is 0 Å². The van der Waals surface area contributed by atoms with Crippen LogP contribution < -0.4 is 10.6 Å². The second-order valence-corrected chi connectivity index (χ2v) is 8.32. The van der Waals surface area contributed by atoms with E-state index >= 15 is 0 Å². The second-order valence-electron chi connectivity index (χ2n) is 8.32. The number of aromatic amines is 1. The zero-order chi connectivity index (χ0) is 22.8. The Morgan fingerprint density at radius 2 is 2.03 bits per heavy atom. The topological polar surface area (TPSA) is 107 Å². The van der Waals surface area contributed by atoms with E-state index < -0.39 is 6.04 Å². The largest absolute Gasteiger partial charge is 0.383 e. The zero-order valence-electron chi connectivity index (χ0n) is 19.4. The highest BCUT2D eigenvalue weighted by Gasteiger charge is 2.22. The molecule has 1 fully saturated rings. The fourth-order valence-electron chi connectivity index (χ4n) is 4.20. The summed E-state index contributed by atoms with van der Waals surface area (Å²) >= 11 is 0. The molecule has 10 heteroatoms. The summed E-state index contributed by atoms with van der Waals surface area (Å²) in [5.41, 5.74) is 14.1. The van der Waals surface area contributed by atoms with Crippen molar-refractivity contribution in [3.05, 3.63) is 59.7 Å². The molecule has 1 aliphatic rings. The molecule has 5 rings (SSSR count). The van der Waals surface area contributed by atoms with Crippen molar-refractivity contribution in [3.63, 3.8) is 0 Å². The van der Waals surface area contributed by atoms with Gasteiger partial charge in [-0.3, -0.25) is 5.10 Å². The average molecular weight is 484 g/mol. The molecule has 0 radical (unpaired) electrons. The summed E-state index contributed by atoms with van der Waals surface area (Å²) in [5.74, 6) is 0. The van der Waals surface area contributed by atoms with Crippen LogP contribution >= 0.6 is 12.4 Å². The number of halogens is 1. The number of nitrogens with one attached hydrogen (secondary N) is 1. The van der Waals surface area contributed by atoms with Crippen LogP contribution in [0.3, 0.4) is 0 Å². The molecule has 4 aromatic rings. The number of methoxy groups -OCH3 is 1. The molecular weight excluding hydrogens is 454 g/mol. The Labute approximate surface area is 204 Å². The predicted molar refractivity (Wildman–Crippen MR) is 134 cm³/mol. The molecule has 1 aromatic carbocycles. The van der Waals surface area contributed by atoms with Gasteiger partial charge >= 0.3 is 0 Å². The minimum absolute atomic E-state index is 0. The average Bonchev–Trinajstić information content (AvgIpc) is 3.50. The van der Waals surface area contributed by atoms with E-state index in [-0.39, 0.29) is 12.4 Å². The third-order valence-electron chi connectivity index (χ3n) is 6.03. The maximum atomic E-state index is 6.71. The van der Waals surface area contributed by atoms with Crippen LogP contribution in [0.1, 0.15) is 23.0 Å². The summed E-state index contributed by atoms with van der Waals surface area (Å²) in [6.45, 7) is 6.31. The smallest absolute Gasteiger partial charge is 0.162 e. The monoisotopic (exact) mass is 483 g/mol. The van der Waals surface area contributed by atoms with Crippen LogP contribution in [-0.4, -0.2) is 64.8 Å². The number of benzene rings is 1. The number of anilines is 1. The highest BCUT2D eigenvalue weighted by atomic mass is 35.5. The number of aryl methyl sites for hydroxylation is 1. The first-order valence-corrected chi connectivity index (χ1v) is 11.2. The first kappa shape index (κ1) is 24.2. The van der Waals surface area contributed by atoms with Gasteiger partial charge in [0.2, 0.25) is 0 Å². The summed E-state index contributed by atoms with van der Waals surface area (Å²) < 4.78 is 12.8. The number of ether oxygens (including phenoxy) is 2. The number of aromatic nitrogens is 5. The van der Waals surface area contributed by atoms with Gasteiger partial charge in [0.05, 0.1) is 55.0 Å². The van der Waals surface area contributed by atoms with Crippen LogP contribution in [0.5, 0.6) is 0 Å². The Bertz CT molecular complexity index is 1250. The molecule has 3 aromatic heterocycles. The Balaban J connectivity index is 0.00000274. The molecule has 180 valence electrons. The van der Waals surface area contributed by atoms with Gasteiger partial charge in [0, 0.05) is 32.3 Å². The Kier molecular flexibility index (Phi) is 7.47. The molecule has 3 N–H and O–H groups in total. The highest BCUT2D eigenvalue weighted by Crippen LogP contribution is 2.30. The van der Waals surface area contributed by atoms with E-state index in [1.807, 2.05) is 29.1 Å². The van der Waals surface area contributed by atoms with Crippen molar-refractivity contribution < 1.29 is 9.47 Å². The van der Waals surface area contributed by atoms with Crippen LogP contribution in [0.4, 0.5) is 5.69 Å². The number of imidazole rings is 1. The molecule has 0 spiro atoms. The first-order chi connectivity index (χ1) is 16.1. The van der Waals surface area contributed by atoms with E-state index in [1.165, 1.54) is 5.56 Å². The number of fused-ring (bicyclic) bond motifs is 1. The SMILES string of the molecule is COCCn1cnc2c(N3CCOCC3)cc(C(N)c3cc(-c4cccc(C)c4)n[nH]3)nc21.Cl. The van der Waals surface area contributed by atoms with Crippen LogP contribution in [0, 0.1) is 6.92 Å². The Hall–Kier alpha value is -2.98. The maximum absolute atomic E-state index is 6.71. The normalized spacial score (nSPS) is 14.9. The highest BCUT2D eigenvalue weighted by molar-refractivity contribution is 5.87. The van der Waals surface area contributed by atoms with Gasteiger partial charge in [-0.2, -0.15) is 5.10 Å². The zero-order valence-corrected chi connectivity index (χ0v) is 20.2. The number of pyridine rings is 1.